The van der Waals surface area contributed by atoms with Crippen molar-refractivity contribution in [3.63, 3.8) is 0 Å². The van der Waals surface area contributed by atoms with Crippen molar-refractivity contribution in [2.75, 3.05) is 5.32 Å². The molecule has 1 aromatic carbocycles. The van der Waals surface area contributed by atoms with Crippen LogP contribution >= 0.6 is 15.9 Å². The number of alkyl halides is 3. The van der Waals surface area contributed by atoms with Gasteiger partial charge in [0.25, 0.3) is 0 Å². The van der Waals surface area contributed by atoms with Crippen molar-refractivity contribution >= 4 is 33.5 Å². The number of rotatable bonds is 4. The van der Waals surface area contributed by atoms with Gasteiger partial charge in [-0.15, -0.1) is 13.2 Å². The van der Waals surface area contributed by atoms with Crippen LogP contribution in [0.25, 0.3) is 0 Å². The second-order valence-electron chi connectivity index (χ2n) is 3.35. The van der Waals surface area contributed by atoms with Gasteiger partial charge in [-0.3, -0.25) is 4.79 Å². The molecule has 0 aliphatic carbocycles. The number of carbonyl (C=O) groups excluding carboxylic acids is 1. The van der Waals surface area contributed by atoms with Gasteiger partial charge in [-0.1, -0.05) is 15.9 Å². The van der Waals surface area contributed by atoms with Gasteiger partial charge in [-0.2, -0.15) is 0 Å². The Balaban J connectivity index is 2.94. The van der Waals surface area contributed by atoms with Gasteiger partial charge in [0.2, 0.25) is 5.91 Å². The molecular weight excluding hydrogens is 347 g/mol. The van der Waals surface area contributed by atoms with Crippen LogP contribution in [0.5, 0.6) is 5.75 Å². The number of anilines is 1. The molecular formula is C11H7BrF3NO4. The van der Waals surface area contributed by atoms with Crippen LogP contribution in [0, 0.1) is 0 Å². The summed E-state index contributed by atoms with van der Waals surface area (Å²) in [6.07, 6.45) is -3.70. The van der Waals surface area contributed by atoms with Crippen LogP contribution in [0.3, 0.4) is 0 Å². The van der Waals surface area contributed by atoms with Crippen molar-refractivity contribution in [2.45, 2.75) is 6.36 Å². The Kier molecular flexibility index (Phi) is 5.14. The summed E-state index contributed by atoms with van der Waals surface area (Å²) < 4.78 is 40.7. The van der Waals surface area contributed by atoms with Crippen LogP contribution in [-0.4, -0.2) is 23.3 Å². The number of carbonyl (C=O) groups is 2. The molecule has 2 N–H and O–H groups in total. The molecule has 0 heterocycles. The summed E-state index contributed by atoms with van der Waals surface area (Å²) in [5.41, 5.74) is -0.245. The molecule has 5 nitrogen and oxygen atoms in total. The smallest absolute Gasteiger partial charge is 0.478 e. The average Bonchev–Trinajstić information content (AvgIpc) is 2.28. The Morgan fingerprint density at radius 1 is 1.30 bits per heavy atom. The number of hydrogen-bond acceptors (Lipinski definition) is 3. The SMILES string of the molecule is O=C(O)/C=C/C(=O)Nc1ccc(Br)cc1OC(F)(F)F. The monoisotopic (exact) mass is 353 g/mol. The first-order valence-electron chi connectivity index (χ1n) is 4.94. The molecule has 0 saturated carbocycles. The first kappa shape index (κ1) is 16.0. The highest BCUT2D eigenvalue weighted by atomic mass is 79.9. The quantitative estimate of drug-likeness (QED) is 0.816. The molecule has 0 bridgehead atoms. The Bertz CT molecular complexity index is 557. The van der Waals surface area contributed by atoms with Gasteiger partial charge in [0.15, 0.2) is 5.75 Å². The number of ether oxygens (including phenoxy) is 1. The molecule has 20 heavy (non-hydrogen) atoms. The molecule has 9 heteroatoms. The number of nitrogens with one attached hydrogen (secondary N) is 1. The molecule has 0 radical (unpaired) electrons. The fourth-order valence-electron chi connectivity index (χ4n) is 1.13. The molecule has 0 fully saturated rings. The van der Waals surface area contributed by atoms with E-state index in [1.807, 2.05) is 0 Å². The lowest BCUT2D eigenvalue weighted by Crippen LogP contribution is -2.19. The summed E-state index contributed by atoms with van der Waals surface area (Å²) in [4.78, 5) is 21.5. The van der Waals surface area contributed by atoms with E-state index in [0.29, 0.717) is 16.6 Å². The third kappa shape index (κ3) is 5.74. The van der Waals surface area contributed by atoms with Gasteiger partial charge in [0.1, 0.15) is 0 Å². The second kappa shape index (κ2) is 6.42. The van der Waals surface area contributed by atoms with Crippen LogP contribution in [0.2, 0.25) is 0 Å². The van der Waals surface area contributed by atoms with Crippen molar-refractivity contribution in [2.24, 2.45) is 0 Å². The highest BCUT2D eigenvalue weighted by Crippen LogP contribution is 2.32. The van der Waals surface area contributed by atoms with Crippen molar-refractivity contribution in [1.82, 2.24) is 0 Å². The number of aliphatic carboxylic acids is 1. The van der Waals surface area contributed by atoms with E-state index in [2.05, 4.69) is 26.0 Å². The fraction of sp³-hybridized carbons (Fsp3) is 0.0909. The van der Waals surface area contributed by atoms with Gasteiger partial charge in [-0.25, -0.2) is 4.79 Å². The number of halogens is 4. The molecule has 1 amide bonds. The van der Waals surface area contributed by atoms with Crippen molar-refractivity contribution in [3.05, 3.63) is 34.8 Å². The van der Waals surface area contributed by atoms with Crippen LogP contribution in [0.1, 0.15) is 0 Å². The average molecular weight is 354 g/mol. The van der Waals surface area contributed by atoms with E-state index in [4.69, 9.17) is 5.11 Å². The van der Waals surface area contributed by atoms with Gasteiger partial charge in [0.05, 0.1) is 5.69 Å². The molecule has 1 rings (SSSR count). The lowest BCUT2D eigenvalue weighted by molar-refractivity contribution is -0.274. The van der Waals surface area contributed by atoms with Crippen LogP contribution in [0.4, 0.5) is 18.9 Å². The van der Waals surface area contributed by atoms with Gasteiger partial charge < -0.3 is 15.2 Å². The number of amides is 1. The largest absolute Gasteiger partial charge is 0.573 e. The Morgan fingerprint density at radius 3 is 2.50 bits per heavy atom. The lowest BCUT2D eigenvalue weighted by Gasteiger charge is -2.13. The van der Waals surface area contributed by atoms with E-state index in [-0.39, 0.29) is 5.69 Å². The van der Waals surface area contributed by atoms with E-state index in [0.717, 1.165) is 6.07 Å². The van der Waals surface area contributed by atoms with E-state index >= 15 is 0 Å². The molecule has 0 aromatic heterocycles. The van der Waals surface area contributed by atoms with Crippen molar-refractivity contribution < 1.29 is 32.6 Å². The minimum atomic E-state index is -4.92. The van der Waals surface area contributed by atoms with Crippen molar-refractivity contribution in [3.8, 4) is 5.75 Å². The zero-order valence-corrected chi connectivity index (χ0v) is 11.2. The van der Waals surface area contributed by atoms with Crippen molar-refractivity contribution in [1.29, 1.82) is 0 Å². The Morgan fingerprint density at radius 2 is 1.95 bits per heavy atom. The van der Waals surface area contributed by atoms with Gasteiger partial charge in [-0.05, 0) is 18.2 Å². The minimum absolute atomic E-state index is 0.245. The maximum atomic E-state index is 12.2. The Hall–Kier alpha value is -2.03. The van der Waals surface area contributed by atoms with Crippen LogP contribution in [-0.2, 0) is 9.59 Å². The lowest BCUT2D eigenvalue weighted by atomic mass is 10.3. The van der Waals surface area contributed by atoms with Gasteiger partial charge >= 0.3 is 12.3 Å². The second-order valence-corrected chi connectivity index (χ2v) is 4.26. The first-order valence-corrected chi connectivity index (χ1v) is 5.74. The Labute approximate surface area is 119 Å². The summed E-state index contributed by atoms with van der Waals surface area (Å²) in [6, 6.07) is 3.58. The summed E-state index contributed by atoms with van der Waals surface area (Å²) in [7, 11) is 0. The third-order valence-corrected chi connectivity index (χ3v) is 2.30. The minimum Gasteiger partial charge on any atom is -0.478 e. The molecule has 108 valence electrons. The normalized spacial score (nSPS) is 11.4. The van der Waals surface area contributed by atoms with E-state index in [1.54, 1.807) is 0 Å². The van der Waals surface area contributed by atoms with E-state index < -0.39 is 24.0 Å². The molecule has 0 unspecified atom stereocenters. The fourth-order valence-corrected chi connectivity index (χ4v) is 1.47. The zero-order valence-electron chi connectivity index (χ0n) is 9.57. The predicted molar refractivity (Wildman–Crippen MR) is 66.2 cm³/mol. The van der Waals surface area contributed by atoms with E-state index in [9.17, 15) is 22.8 Å². The molecule has 0 aliphatic heterocycles. The molecule has 1 aromatic rings. The van der Waals surface area contributed by atoms with E-state index in [1.165, 1.54) is 12.1 Å². The summed E-state index contributed by atoms with van der Waals surface area (Å²) in [6.45, 7) is 0. The maximum absolute atomic E-state index is 12.2. The first-order chi connectivity index (χ1) is 9.17. The maximum Gasteiger partial charge on any atom is 0.573 e. The predicted octanol–water partition coefficient (Wildman–Crippen LogP) is 2.93. The third-order valence-electron chi connectivity index (χ3n) is 1.80. The molecule has 0 saturated heterocycles. The highest BCUT2D eigenvalue weighted by molar-refractivity contribution is 9.10. The topological polar surface area (TPSA) is 75.6 Å². The summed E-state index contributed by atoms with van der Waals surface area (Å²) >= 11 is 2.97. The molecule has 0 atom stereocenters. The summed E-state index contributed by atoms with van der Waals surface area (Å²) in [5, 5.41) is 10.4. The highest BCUT2D eigenvalue weighted by Gasteiger charge is 2.32. The number of benzene rings is 1. The summed E-state index contributed by atoms with van der Waals surface area (Å²) in [5.74, 6) is -2.88. The zero-order chi connectivity index (χ0) is 15.3. The van der Waals surface area contributed by atoms with Crippen LogP contribution in [0.15, 0.2) is 34.8 Å². The number of carboxylic acids is 1. The number of carboxylic acid groups (broad SMARTS) is 1. The number of hydrogen-bond donors (Lipinski definition) is 2. The molecule has 0 aliphatic rings. The van der Waals surface area contributed by atoms with Crippen LogP contribution < -0.4 is 10.1 Å². The van der Waals surface area contributed by atoms with Gasteiger partial charge in [0, 0.05) is 16.6 Å². The standard InChI is InChI=1S/C11H7BrF3NO4/c12-6-1-2-7(8(5-6)20-11(13,14)15)16-9(17)3-4-10(18)19/h1-5H,(H,16,17)(H,18,19)/b4-3+. The molecule has 0 spiro atoms.